The topological polar surface area (TPSA) is 186 Å². The molecule has 0 radical (unpaired) electrons. The molecule has 4 heterocycles. The minimum absolute atomic E-state index is 0.0519. The van der Waals surface area contributed by atoms with E-state index in [1.807, 2.05) is 152 Å². The molecule has 10 rings (SSSR count). The van der Waals surface area contributed by atoms with Crippen LogP contribution < -0.4 is 10.6 Å². The van der Waals surface area contributed by atoms with E-state index in [1.54, 1.807) is 17.5 Å². The van der Waals surface area contributed by atoms with Crippen LogP contribution in [0.4, 0.5) is 5.13 Å². The number of nitrogens with zero attached hydrogens (tertiary/aromatic N) is 4. The Balaban J connectivity index is 0.961. The Morgan fingerprint density at radius 3 is 1.75 bits per heavy atom. The van der Waals surface area contributed by atoms with Gasteiger partial charge in [0.2, 0.25) is 0 Å². The molecule has 3 aliphatic heterocycles. The van der Waals surface area contributed by atoms with Gasteiger partial charge in [-0.2, -0.15) is 0 Å². The van der Waals surface area contributed by atoms with Crippen molar-refractivity contribution in [3.63, 3.8) is 0 Å². The number of nitrogens with one attached hydrogen (secondary N) is 2. The number of amides is 4. The first kappa shape index (κ1) is 48.0. The van der Waals surface area contributed by atoms with Gasteiger partial charge in [0.15, 0.2) is 23.7 Å². The standard InChI is InChI=1S/C56H44N6O9S2/c1-35(63)69-31-38-32-72-53-46(52(67)62(53)47(38)54(68)71-48(36-19-7-2-8-20-36)37-21-9-3-10-22-37)58-49(64)45(60-70-34-61-50(65)42-29-17-18-30-43(42)51(61)66)44-33-73-55(57-44)59-56(39-23-11-4-12-24-39,40-25-13-5-14-26-40)41-27-15-6-16-28-41/h2-30,33,46,48,53H,31-32,34H2,1H3,(H,57,59)(H,58,64)/t46?,53-/m1/s1. The van der Waals surface area contributed by atoms with Gasteiger partial charge in [-0.3, -0.25) is 28.9 Å². The van der Waals surface area contributed by atoms with Crippen molar-refractivity contribution in [1.29, 1.82) is 0 Å². The van der Waals surface area contributed by atoms with E-state index in [0.717, 1.165) is 21.6 Å². The van der Waals surface area contributed by atoms with Crippen LogP contribution in [0.5, 0.6) is 0 Å². The van der Waals surface area contributed by atoms with Gasteiger partial charge in [0.25, 0.3) is 23.6 Å². The fourth-order valence-electron chi connectivity index (χ4n) is 9.02. The molecule has 0 saturated carbocycles. The number of carbonyl (C=O) groups is 6. The third-order valence-corrected chi connectivity index (χ3v) is 14.6. The molecule has 1 fully saturated rings. The van der Waals surface area contributed by atoms with E-state index in [2.05, 4.69) is 15.8 Å². The predicted molar refractivity (Wildman–Crippen MR) is 274 cm³/mol. The number of fused-ring (bicyclic) bond motifs is 2. The molecule has 17 heteroatoms. The van der Waals surface area contributed by atoms with Crippen LogP contribution in [-0.2, 0) is 39.0 Å². The van der Waals surface area contributed by atoms with E-state index in [0.29, 0.717) is 21.8 Å². The Labute approximate surface area is 427 Å². The summed E-state index contributed by atoms with van der Waals surface area (Å²) in [6.45, 7) is 0.332. The number of thiazole rings is 1. The van der Waals surface area contributed by atoms with Gasteiger partial charge in [-0.25, -0.2) is 14.7 Å². The summed E-state index contributed by atoms with van der Waals surface area (Å²) >= 11 is 2.45. The maximum absolute atomic E-state index is 14.7. The number of benzene rings is 6. The second-order valence-corrected chi connectivity index (χ2v) is 19.0. The molecule has 0 spiro atoms. The van der Waals surface area contributed by atoms with Crippen molar-refractivity contribution in [3.8, 4) is 0 Å². The number of oxime groups is 1. The summed E-state index contributed by atoms with van der Waals surface area (Å²) in [5, 5.41) is 11.9. The second-order valence-electron chi connectivity index (χ2n) is 17.0. The summed E-state index contributed by atoms with van der Waals surface area (Å²) in [5.74, 6) is -3.95. The first-order valence-electron chi connectivity index (χ1n) is 23.1. The summed E-state index contributed by atoms with van der Waals surface area (Å²) in [6.07, 6.45) is -0.855. The monoisotopic (exact) mass is 1010 g/mol. The van der Waals surface area contributed by atoms with Gasteiger partial charge in [-0.15, -0.1) is 23.1 Å². The number of hydrogen-bond donors (Lipinski definition) is 2. The minimum Gasteiger partial charge on any atom is -0.461 e. The van der Waals surface area contributed by atoms with E-state index in [1.165, 1.54) is 47.1 Å². The Morgan fingerprint density at radius 2 is 1.23 bits per heavy atom. The van der Waals surface area contributed by atoms with Crippen LogP contribution in [-0.4, -0.2) is 86.6 Å². The highest BCUT2D eigenvalue weighted by Crippen LogP contribution is 2.43. The lowest BCUT2D eigenvalue weighted by molar-refractivity contribution is -0.154. The van der Waals surface area contributed by atoms with Gasteiger partial charge in [0.1, 0.15) is 35.0 Å². The predicted octanol–water partition coefficient (Wildman–Crippen LogP) is 8.07. The molecular formula is C56H44N6O9S2. The molecule has 15 nitrogen and oxygen atoms in total. The number of rotatable bonds is 17. The van der Waals surface area contributed by atoms with Gasteiger partial charge in [0, 0.05) is 23.6 Å². The Hall–Kier alpha value is -8.67. The smallest absolute Gasteiger partial charge is 0.356 e. The zero-order valence-corrected chi connectivity index (χ0v) is 40.6. The van der Waals surface area contributed by atoms with Crippen molar-refractivity contribution >= 4 is 69.5 Å². The summed E-state index contributed by atoms with van der Waals surface area (Å²) in [7, 11) is 0. The highest BCUT2D eigenvalue weighted by Gasteiger charge is 2.55. The average molecular weight is 1010 g/mol. The molecule has 7 aromatic rings. The summed E-state index contributed by atoms with van der Waals surface area (Å²) in [6, 6.07) is 53.1. The number of ether oxygens (including phenoxy) is 2. The molecule has 4 amide bonds. The van der Waals surface area contributed by atoms with Gasteiger partial charge >= 0.3 is 11.9 Å². The average Bonchev–Trinajstić information content (AvgIpc) is 4.00. The molecule has 1 saturated heterocycles. The lowest BCUT2D eigenvalue weighted by atomic mass is 9.77. The number of β-lactam (4-membered cyclic amide) rings is 1. The fourth-order valence-corrected chi connectivity index (χ4v) is 11.1. The number of anilines is 1. The zero-order chi connectivity index (χ0) is 50.5. The van der Waals surface area contributed by atoms with Crippen LogP contribution in [0.15, 0.2) is 198 Å². The van der Waals surface area contributed by atoms with E-state index < -0.39 is 65.4 Å². The van der Waals surface area contributed by atoms with E-state index in [9.17, 15) is 28.8 Å². The molecule has 6 aromatic carbocycles. The minimum atomic E-state index is -1.19. The molecule has 1 aromatic heterocycles. The molecule has 0 aliphatic carbocycles. The van der Waals surface area contributed by atoms with Crippen molar-refractivity contribution in [1.82, 2.24) is 20.1 Å². The van der Waals surface area contributed by atoms with Crippen molar-refractivity contribution in [2.24, 2.45) is 5.16 Å². The largest absolute Gasteiger partial charge is 0.461 e. The SMILES string of the molecule is CC(=O)OCC1=C(C(=O)OC(c2ccccc2)c2ccccc2)N2C(=O)C(NC(=O)C(=NOCN3C(=O)c4ccccc4C3=O)c3csc(NC(c4ccccc4)(c4ccccc4)c4ccccc4)n3)[C@H]2SC1. The van der Waals surface area contributed by atoms with Crippen LogP contribution in [0.2, 0.25) is 0 Å². The van der Waals surface area contributed by atoms with Gasteiger partial charge in [0.05, 0.1) is 11.1 Å². The van der Waals surface area contributed by atoms with Crippen molar-refractivity contribution < 1.29 is 43.1 Å². The summed E-state index contributed by atoms with van der Waals surface area (Å²) < 4.78 is 11.6. The van der Waals surface area contributed by atoms with Crippen LogP contribution >= 0.6 is 23.1 Å². The number of hydrogen-bond acceptors (Lipinski definition) is 14. The van der Waals surface area contributed by atoms with Crippen molar-refractivity contribution in [2.75, 3.05) is 24.4 Å². The summed E-state index contributed by atoms with van der Waals surface area (Å²) in [5.41, 5.74) is 3.46. The highest BCUT2D eigenvalue weighted by molar-refractivity contribution is 8.00. The normalized spacial score (nSPS) is 16.4. The quantitative estimate of drug-likeness (QED) is 0.0224. The van der Waals surface area contributed by atoms with Crippen LogP contribution in [0.25, 0.3) is 0 Å². The molecule has 0 bridgehead atoms. The molecule has 3 aliphatic rings. The first-order valence-corrected chi connectivity index (χ1v) is 25.0. The van der Waals surface area contributed by atoms with Crippen molar-refractivity contribution in [2.45, 2.75) is 30.0 Å². The van der Waals surface area contributed by atoms with Gasteiger partial charge in [-0.05, 0) is 39.9 Å². The molecule has 73 heavy (non-hydrogen) atoms. The maximum atomic E-state index is 14.7. The number of imide groups is 1. The summed E-state index contributed by atoms with van der Waals surface area (Å²) in [4.78, 5) is 94.9. The Morgan fingerprint density at radius 1 is 0.726 bits per heavy atom. The number of carbonyl (C=O) groups excluding carboxylic acids is 6. The van der Waals surface area contributed by atoms with Crippen LogP contribution in [0, 0.1) is 0 Å². The third-order valence-electron chi connectivity index (χ3n) is 12.5. The van der Waals surface area contributed by atoms with Gasteiger partial charge < -0.3 is 24.9 Å². The first-order chi connectivity index (χ1) is 35.6. The molecule has 2 N–H and O–H groups in total. The number of thioether (sulfide) groups is 1. The van der Waals surface area contributed by atoms with Gasteiger partial charge in [-0.1, -0.05) is 169 Å². The number of esters is 2. The van der Waals surface area contributed by atoms with E-state index in [-0.39, 0.29) is 40.6 Å². The second kappa shape index (κ2) is 21.0. The lowest BCUT2D eigenvalue weighted by Crippen LogP contribution is -2.71. The van der Waals surface area contributed by atoms with Crippen LogP contribution in [0.1, 0.15) is 67.3 Å². The fraction of sp³-hybridized carbons (Fsp3) is 0.143. The maximum Gasteiger partial charge on any atom is 0.356 e. The molecular weight excluding hydrogens is 965 g/mol. The number of aromatic nitrogens is 1. The Bertz CT molecular complexity index is 3110. The third kappa shape index (κ3) is 9.50. The highest BCUT2D eigenvalue weighted by atomic mass is 32.2. The van der Waals surface area contributed by atoms with Crippen LogP contribution in [0.3, 0.4) is 0 Å². The molecule has 364 valence electrons. The lowest BCUT2D eigenvalue weighted by Gasteiger charge is -2.49. The molecule has 2 atom stereocenters. The van der Waals surface area contributed by atoms with Crippen molar-refractivity contribution in [3.05, 3.63) is 237 Å². The van der Waals surface area contributed by atoms with E-state index >= 15 is 0 Å². The Kier molecular flexibility index (Phi) is 13.8. The zero-order valence-electron chi connectivity index (χ0n) is 39.0. The van der Waals surface area contributed by atoms with E-state index in [4.69, 9.17) is 19.3 Å². The molecule has 1 unspecified atom stereocenters.